The summed E-state index contributed by atoms with van der Waals surface area (Å²) in [4.78, 5) is 26.1. The number of carbonyl (C=O) groups excluding carboxylic acids is 1. The molecule has 1 aromatic rings. The van der Waals surface area contributed by atoms with Crippen LogP contribution in [0.5, 0.6) is 0 Å². The molecule has 0 unspecified atom stereocenters. The Labute approximate surface area is 159 Å². The van der Waals surface area contributed by atoms with Crippen molar-refractivity contribution in [2.75, 3.05) is 20.8 Å². The summed E-state index contributed by atoms with van der Waals surface area (Å²) in [6, 6.07) is 7.47. The maximum Gasteiger partial charge on any atom is 0.346 e. The van der Waals surface area contributed by atoms with Crippen molar-refractivity contribution in [3.05, 3.63) is 47.0 Å². The van der Waals surface area contributed by atoms with Crippen molar-refractivity contribution in [3.63, 3.8) is 0 Å². The number of hydrogen-bond donors (Lipinski definition) is 0. The molecule has 0 bridgehead atoms. The van der Waals surface area contributed by atoms with Crippen molar-refractivity contribution in [2.24, 2.45) is 15.5 Å². The lowest BCUT2D eigenvalue weighted by atomic mass is 10.1. The molecular formula is C19H25N3O5. The van der Waals surface area contributed by atoms with Gasteiger partial charge in [-0.05, 0) is 26.8 Å². The Morgan fingerprint density at radius 1 is 1.07 bits per heavy atom. The van der Waals surface area contributed by atoms with E-state index in [-0.39, 0.29) is 13.2 Å². The van der Waals surface area contributed by atoms with Gasteiger partial charge in [0.05, 0.1) is 13.3 Å². The zero-order chi connectivity index (χ0) is 20.1. The van der Waals surface area contributed by atoms with E-state index in [0.717, 1.165) is 16.7 Å². The standard InChI is InChI=1S/C19H25N3O5/c1-14(2)10-18(22-25-5)15(3)21-27-12-17-9-7-6-8-16(17)11-20-26-13-19(23)24-4/h6-11H,12-13H2,1-5H3. The second-order valence-corrected chi connectivity index (χ2v) is 5.61. The molecule has 0 radical (unpaired) electrons. The number of oxime groups is 3. The normalized spacial score (nSPS) is 11.9. The van der Waals surface area contributed by atoms with Gasteiger partial charge in [0.15, 0.2) is 0 Å². The molecule has 0 aromatic heterocycles. The second kappa shape index (κ2) is 12.2. The van der Waals surface area contributed by atoms with Crippen LogP contribution in [0.25, 0.3) is 0 Å². The molecule has 146 valence electrons. The number of ether oxygens (including phenoxy) is 1. The fourth-order valence-corrected chi connectivity index (χ4v) is 1.85. The van der Waals surface area contributed by atoms with E-state index < -0.39 is 5.97 Å². The summed E-state index contributed by atoms with van der Waals surface area (Å²) in [5, 5.41) is 11.8. The van der Waals surface area contributed by atoms with Crippen LogP contribution in [0, 0.1) is 0 Å². The fourth-order valence-electron chi connectivity index (χ4n) is 1.85. The molecule has 0 atom stereocenters. The lowest BCUT2D eigenvalue weighted by Crippen LogP contribution is -2.09. The lowest BCUT2D eigenvalue weighted by Gasteiger charge is -2.06. The molecule has 0 amide bonds. The summed E-state index contributed by atoms with van der Waals surface area (Å²) < 4.78 is 4.47. The first-order chi connectivity index (χ1) is 13.0. The van der Waals surface area contributed by atoms with Crippen LogP contribution < -0.4 is 0 Å². The highest BCUT2D eigenvalue weighted by Gasteiger charge is 2.05. The molecule has 0 saturated heterocycles. The number of carbonyl (C=O) groups is 1. The summed E-state index contributed by atoms with van der Waals surface area (Å²) in [6.45, 7) is 5.67. The average Bonchev–Trinajstić information content (AvgIpc) is 2.65. The van der Waals surface area contributed by atoms with E-state index in [4.69, 9.17) is 14.5 Å². The molecule has 0 saturated carbocycles. The van der Waals surface area contributed by atoms with Gasteiger partial charge in [-0.3, -0.25) is 0 Å². The molecule has 0 aliphatic carbocycles. The first-order valence-electron chi connectivity index (χ1n) is 8.21. The molecule has 0 aliphatic rings. The van der Waals surface area contributed by atoms with Crippen molar-refractivity contribution in [1.29, 1.82) is 0 Å². The van der Waals surface area contributed by atoms with Gasteiger partial charge in [0.25, 0.3) is 0 Å². The number of methoxy groups -OCH3 is 1. The van der Waals surface area contributed by atoms with Gasteiger partial charge in [0.1, 0.15) is 25.1 Å². The van der Waals surface area contributed by atoms with Crippen molar-refractivity contribution >= 4 is 23.6 Å². The lowest BCUT2D eigenvalue weighted by molar-refractivity contribution is -0.145. The van der Waals surface area contributed by atoms with Crippen LogP contribution in [0.1, 0.15) is 31.9 Å². The smallest absolute Gasteiger partial charge is 0.346 e. The van der Waals surface area contributed by atoms with E-state index >= 15 is 0 Å². The van der Waals surface area contributed by atoms with Crippen LogP contribution in [-0.2, 0) is 30.7 Å². The largest absolute Gasteiger partial charge is 0.466 e. The summed E-state index contributed by atoms with van der Waals surface area (Å²) in [5.74, 6) is -0.501. The number of benzene rings is 1. The highest BCUT2D eigenvalue weighted by molar-refractivity contribution is 6.45. The molecule has 8 heteroatoms. The van der Waals surface area contributed by atoms with Gasteiger partial charge in [-0.2, -0.15) is 0 Å². The molecule has 0 fully saturated rings. The van der Waals surface area contributed by atoms with E-state index in [9.17, 15) is 4.79 Å². The zero-order valence-electron chi connectivity index (χ0n) is 16.3. The maximum atomic E-state index is 11.0. The first-order valence-corrected chi connectivity index (χ1v) is 8.21. The van der Waals surface area contributed by atoms with E-state index in [1.54, 1.807) is 6.92 Å². The Morgan fingerprint density at radius 3 is 2.48 bits per heavy atom. The topological polar surface area (TPSA) is 91.1 Å². The van der Waals surface area contributed by atoms with Gasteiger partial charge in [0, 0.05) is 11.1 Å². The summed E-state index contributed by atoms with van der Waals surface area (Å²) >= 11 is 0. The van der Waals surface area contributed by atoms with Gasteiger partial charge < -0.3 is 19.2 Å². The Balaban J connectivity index is 2.74. The number of esters is 1. The van der Waals surface area contributed by atoms with Gasteiger partial charge in [-0.15, -0.1) is 0 Å². The monoisotopic (exact) mass is 375 g/mol. The summed E-state index contributed by atoms with van der Waals surface area (Å²) in [7, 11) is 2.76. The van der Waals surface area contributed by atoms with Crippen LogP contribution in [-0.4, -0.2) is 44.4 Å². The maximum absolute atomic E-state index is 11.0. The minimum Gasteiger partial charge on any atom is -0.466 e. The molecule has 0 spiro atoms. The highest BCUT2D eigenvalue weighted by atomic mass is 16.6. The van der Waals surface area contributed by atoms with Crippen LogP contribution in [0.4, 0.5) is 0 Å². The molecule has 0 heterocycles. The van der Waals surface area contributed by atoms with Crippen LogP contribution >= 0.6 is 0 Å². The number of rotatable bonds is 10. The summed E-state index contributed by atoms with van der Waals surface area (Å²) in [6.07, 6.45) is 3.35. The number of hydrogen-bond acceptors (Lipinski definition) is 8. The van der Waals surface area contributed by atoms with Gasteiger partial charge in [0.2, 0.25) is 6.61 Å². The van der Waals surface area contributed by atoms with E-state index in [1.165, 1.54) is 20.4 Å². The Hall–Kier alpha value is -3.16. The van der Waals surface area contributed by atoms with E-state index in [0.29, 0.717) is 11.4 Å². The molecule has 27 heavy (non-hydrogen) atoms. The van der Waals surface area contributed by atoms with Gasteiger partial charge in [-0.1, -0.05) is 45.3 Å². The number of allylic oxidation sites excluding steroid dienone is 2. The van der Waals surface area contributed by atoms with E-state index in [1.807, 2.05) is 44.2 Å². The molecule has 8 nitrogen and oxygen atoms in total. The molecule has 0 N–H and O–H groups in total. The average molecular weight is 375 g/mol. The number of nitrogens with zero attached hydrogens (tertiary/aromatic N) is 3. The van der Waals surface area contributed by atoms with Crippen molar-refractivity contribution in [2.45, 2.75) is 27.4 Å². The molecule has 1 aromatic carbocycles. The SMILES string of the molecule is CON=C(C=C(C)C)C(C)=NOCc1ccccc1C=NOCC(=O)OC. The predicted octanol–water partition coefficient (Wildman–Crippen LogP) is 3.07. The van der Waals surface area contributed by atoms with E-state index in [2.05, 4.69) is 20.2 Å². The molecule has 1 rings (SSSR count). The Morgan fingerprint density at radius 2 is 1.81 bits per heavy atom. The molecule has 0 aliphatic heterocycles. The minimum absolute atomic E-state index is 0.228. The zero-order valence-corrected chi connectivity index (χ0v) is 16.3. The van der Waals surface area contributed by atoms with Crippen molar-refractivity contribution in [3.8, 4) is 0 Å². The van der Waals surface area contributed by atoms with Crippen LogP contribution in [0.15, 0.2) is 51.4 Å². The highest BCUT2D eigenvalue weighted by Crippen LogP contribution is 2.09. The third kappa shape index (κ3) is 8.66. The Bertz CT molecular complexity index is 735. The third-order valence-electron chi connectivity index (χ3n) is 3.14. The summed E-state index contributed by atoms with van der Waals surface area (Å²) in [5.41, 5.74) is 3.88. The minimum atomic E-state index is -0.501. The van der Waals surface area contributed by atoms with Crippen molar-refractivity contribution in [1.82, 2.24) is 0 Å². The van der Waals surface area contributed by atoms with Crippen LogP contribution in [0.3, 0.4) is 0 Å². The van der Waals surface area contributed by atoms with Crippen LogP contribution in [0.2, 0.25) is 0 Å². The molecular weight excluding hydrogens is 350 g/mol. The fraction of sp³-hybridized carbons (Fsp3) is 0.368. The first kappa shape index (κ1) is 21.9. The van der Waals surface area contributed by atoms with Gasteiger partial charge in [-0.25, -0.2) is 4.79 Å². The second-order valence-electron chi connectivity index (χ2n) is 5.61. The van der Waals surface area contributed by atoms with Gasteiger partial charge >= 0.3 is 5.97 Å². The quantitative estimate of drug-likeness (QED) is 0.356. The Kier molecular flexibility index (Phi) is 9.92. The third-order valence-corrected chi connectivity index (χ3v) is 3.14. The van der Waals surface area contributed by atoms with Crippen molar-refractivity contribution < 1.29 is 24.0 Å². The predicted molar refractivity (Wildman–Crippen MR) is 104 cm³/mol.